The molecule has 0 spiro atoms. The Kier molecular flexibility index (Phi) is 11.6. The van der Waals surface area contributed by atoms with Gasteiger partial charge >= 0.3 is 0 Å². The van der Waals surface area contributed by atoms with E-state index in [0.29, 0.717) is 19.6 Å². The van der Waals surface area contributed by atoms with Gasteiger partial charge in [0.1, 0.15) is 6.04 Å². The van der Waals surface area contributed by atoms with Gasteiger partial charge in [-0.15, -0.1) is 24.8 Å². The van der Waals surface area contributed by atoms with E-state index in [9.17, 15) is 9.59 Å². The number of nitrogens with two attached hydrogens (primary N) is 1. The van der Waals surface area contributed by atoms with Crippen LogP contribution in [-0.4, -0.2) is 92.1 Å². The van der Waals surface area contributed by atoms with Gasteiger partial charge in [-0.1, -0.05) is 0 Å². The van der Waals surface area contributed by atoms with Gasteiger partial charge < -0.3 is 20.3 Å². The summed E-state index contributed by atoms with van der Waals surface area (Å²) in [7, 11) is 1.54. The van der Waals surface area contributed by atoms with Crippen molar-refractivity contribution in [3.05, 3.63) is 0 Å². The molecule has 0 aromatic carbocycles. The van der Waals surface area contributed by atoms with Crippen molar-refractivity contribution >= 4 is 36.6 Å². The predicted molar refractivity (Wildman–Crippen MR) is 97.8 cm³/mol. The van der Waals surface area contributed by atoms with Gasteiger partial charge in [0.15, 0.2) is 0 Å². The summed E-state index contributed by atoms with van der Waals surface area (Å²) in [5, 5.41) is 0. The zero-order valence-corrected chi connectivity index (χ0v) is 15.9. The maximum absolute atomic E-state index is 12.2. The van der Waals surface area contributed by atoms with E-state index in [4.69, 9.17) is 10.5 Å². The molecule has 2 amide bonds. The monoisotopic (exact) mass is 384 g/mol. The molecule has 0 aromatic heterocycles. The Morgan fingerprint density at radius 1 is 0.958 bits per heavy atom. The van der Waals surface area contributed by atoms with Crippen LogP contribution in [0, 0.1) is 0 Å². The van der Waals surface area contributed by atoms with Gasteiger partial charge in [-0.25, -0.2) is 0 Å². The van der Waals surface area contributed by atoms with Gasteiger partial charge in [-0.2, -0.15) is 0 Å². The first-order valence-electron chi connectivity index (χ1n) is 8.15. The minimum atomic E-state index is -0.595. The van der Waals surface area contributed by atoms with E-state index in [1.54, 1.807) is 12.0 Å². The molecular weight excluding hydrogens is 355 g/mol. The molecule has 0 aliphatic carbocycles. The summed E-state index contributed by atoms with van der Waals surface area (Å²) in [4.78, 5) is 30.3. The van der Waals surface area contributed by atoms with Crippen LogP contribution >= 0.6 is 24.8 Å². The van der Waals surface area contributed by atoms with Gasteiger partial charge in [-0.05, 0) is 19.3 Å². The number of methoxy groups -OCH3 is 1. The van der Waals surface area contributed by atoms with Crippen LogP contribution in [-0.2, 0) is 14.3 Å². The Balaban J connectivity index is 0.00000264. The van der Waals surface area contributed by atoms with E-state index in [1.807, 2.05) is 4.90 Å². The fourth-order valence-corrected chi connectivity index (χ4v) is 3.09. The molecule has 9 heteroatoms. The van der Waals surface area contributed by atoms with Crippen molar-refractivity contribution in [2.45, 2.75) is 25.3 Å². The third-order valence-electron chi connectivity index (χ3n) is 4.38. The van der Waals surface area contributed by atoms with Crippen LogP contribution in [0.25, 0.3) is 0 Å². The summed E-state index contributed by atoms with van der Waals surface area (Å²) in [6.07, 6.45) is 3.11. The number of carbonyl (C=O) groups is 2. The average Bonchev–Trinajstić information content (AvgIpc) is 2.95. The zero-order chi connectivity index (χ0) is 15.9. The minimum Gasteiger partial charge on any atom is -0.383 e. The second kappa shape index (κ2) is 11.9. The van der Waals surface area contributed by atoms with Gasteiger partial charge in [0.05, 0.1) is 13.2 Å². The quantitative estimate of drug-likeness (QED) is 0.719. The second-order valence-corrected chi connectivity index (χ2v) is 6.10. The number of hydrogen-bond acceptors (Lipinski definition) is 5. The molecule has 142 valence electrons. The minimum absolute atomic E-state index is 0. The molecule has 2 heterocycles. The molecule has 0 saturated carbocycles. The summed E-state index contributed by atoms with van der Waals surface area (Å²) in [5.74, 6) is 0.155. The molecule has 0 bridgehead atoms. The first-order chi connectivity index (χ1) is 10.6. The van der Waals surface area contributed by atoms with Crippen LogP contribution < -0.4 is 5.73 Å². The lowest BCUT2D eigenvalue weighted by atomic mass is 10.2. The molecule has 2 aliphatic rings. The Morgan fingerprint density at radius 3 is 2.21 bits per heavy atom. The fraction of sp³-hybridized carbons (Fsp3) is 0.867. The highest BCUT2D eigenvalue weighted by atomic mass is 35.5. The summed E-state index contributed by atoms with van der Waals surface area (Å²) in [5.41, 5.74) is 5.82. The van der Waals surface area contributed by atoms with Gasteiger partial charge in [0, 0.05) is 46.4 Å². The van der Waals surface area contributed by atoms with E-state index in [0.717, 1.165) is 45.4 Å². The SMILES string of the molecule is COCC(N)C(=O)N1CCCN(CC(=O)N2CCCC2)CC1.Cl.Cl. The predicted octanol–water partition coefficient (Wildman–Crippen LogP) is -0.0396. The van der Waals surface area contributed by atoms with Crippen molar-refractivity contribution in [3.8, 4) is 0 Å². The van der Waals surface area contributed by atoms with Crippen LogP contribution in [0.1, 0.15) is 19.3 Å². The largest absolute Gasteiger partial charge is 0.383 e. The molecule has 2 saturated heterocycles. The van der Waals surface area contributed by atoms with Crippen molar-refractivity contribution < 1.29 is 14.3 Å². The van der Waals surface area contributed by atoms with Crippen LogP contribution in [0.2, 0.25) is 0 Å². The number of carbonyl (C=O) groups excluding carboxylic acids is 2. The number of ether oxygens (including phenoxy) is 1. The first kappa shape index (κ1) is 23.4. The lowest BCUT2D eigenvalue weighted by molar-refractivity contribution is -0.133. The highest BCUT2D eigenvalue weighted by Gasteiger charge is 2.25. The molecule has 1 unspecified atom stereocenters. The van der Waals surface area contributed by atoms with E-state index in [1.165, 1.54) is 0 Å². The van der Waals surface area contributed by atoms with E-state index < -0.39 is 6.04 Å². The lowest BCUT2D eigenvalue weighted by Gasteiger charge is -2.25. The van der Waals surface area contributed by atoms with Crippen molar-refractivity contribution in [1.82, 2.24) is 14.7 Å². The number of likely N-dealkylation sites (tertiary alicyclic amines) is 1. The maximum atomic E-state index is 12.2. The Bertz CT molecular complexity index is 395. The van der Waals surface area contributed by atoms with Crippen molar-refractivity contribution in [2.24, 2.45) is 5.73 Å². The van der Waals surface area contributed by atoms with Crippen LogP contribution in [0.5, 0.6) is 0 Å². The standard InChI is InChI=1S/C15H28N4O3.2ClH/c1-22-12-13(16)15(21)19-8-4-5-17(9-10-19)11-14(20)18-6-2-3-7-18;;/h13H,2-12,16H2,1H3;2*1H. The summed E-state index contributed by atoms with van der Waals surface area (Å²) < 4.78 is 4.94. The molecule has 7 nitrogen and oxygen atoms in total. The molecule has 1 atom stereocenters. The number of nitrogens with zero attached hydrogens (tertiary/aromatic N) is 3. The summed E-state index contributed by atoms with van der Waals surface area (Å²) in [6.45, 7) is 5.40. The Labute approximate surface area is 156 Å². The number of amides is 2. The molecule has 2 fully saturated rings. The smallest absolute Gasteiger partial charge is 0.241 e. The maximum Gasteiger partial charge on any atom is 0.241 e. The number of halogens is 2. The second-order valence-electron chi connectivity index (χ2n) is 6.10. The van der Waals surface area contributed by atoms with Gasteiger partial charge in [-0.3, -0.25) is 14.5 Å². The van der Waals surface area contributed by atoms with E-state index in [-0.39, 0.29) is 43.2 Å². The van der Waals surface area contributed by atoms with Crippen molar-refractivity contribution in [2.75, 3.05) is 59.5 Å². The molecule has 2 rings (SSSR count). The van der Waals surface area contributed by atoms with Crippen molar-refractivity contribution in [3.63, 3.8) is 0 Å². The third kappa shape index (κ3) is 6.72. The third-order valence-corrected chi connectivity index (χ3v) is 4.38. The van der Waals surface area contributed by atoms with Crippen LogP contribution in [0.4, 0.5) is 0 Å². The topological polar surface area (TPSA) is 79.1 Å². The average molecular weight is 385 g/mol. The fourth-order valence-electron chi connectivity index (χ4n) is 3.09. The highest BCUT2D eigenvalue weighted by molar-refractivity contribution is 5.85. The van der Waals surface area contributed by atoms with Crippen LogP contribution in [0.3, 0.4) is 0 Å². The van der Waals surface area contributed by atoms with Gasteiger partial charge in [0.2, 0.25) is 11.8 Å². The van der Waals surface area contributed by atoms with E-state index >= 15 is 0 Å². The lowest BCUT2D eigenvalue weighted by Crippen LogP contribution is -2.47. The molecule has 2 aliphatic heterocycles. The zero-order valence-electron chi connectivity index (χ0n) is 14.3. The molecule has 0 radical (unpaired) electrons. The molecule has 0 aromatic rings. The van der Waals surface area contributed by atoms with E-state index in [2.05, 4.69) is 4.90 Å². The van der Waals surface area contributed by atoms with Gasteiger partial charge in [0.25, 0.3) is 0 Å². The first-order valence-corrected chi connectivity index (χ1v) is 8.15. The summed E-state index contributed by atoms with van der Waals surface area (Å²) in [6, 6.07) is -0.595. The summed E-state index contributed by atoms with van der Waals surface area (Å²) >= 11 is 0. The highest BCUT2D eigenvalue weighted by Crippen LogP contribution is 2.10. The normalized spacial score (nSPS) is 19.9. The Hall–Kier alpha value is -0.600. The number of rotatable bonds is 5. The molecular formula is C15H30Cl2N4O3. The van der Waals surface area contributed by atoms with Crippen LogP contribution in [0.15, 0.2) is 0 Å². The number of hydrogen-bond donors (Lipinski definition) is 1. The molecule has 2 N–H and O–H groups in total. The van der Waals surface area contributed by atoms with Crippen molar-refractivity contribution in [1.29, 1.82) is 0 Å². The molecule has 24 heavy (non-hydrogen) atoms. The Morgan fingerprint density at radius 2 is 1.58 bits per heavy atom.